The first kappa shape index (κ1) is 16.1. The van der Waals surface area contributed by atoms with Gasteiger partial charge in [0, 0.05) is 19.5 Å². The fraction of sp³-hybridized carbons (Fsp3) is 0.643. The number of anilines is 1. The molecule has 9 nitrogen and oxygen atoms in total. The highest BCUT2D eigenvalue weighted by atomic mass is 15.8. The van der Waals surface area contributed by atoms with Crippen LogP contribution in [0.3, 0.4) is 0 Å². The Hall–Kier alpha value is -1.81. The van der Waals surface area contributed by atoms with Crippen molar-refractivity contribution >= 4 is 16.9 Å². The lowest BCUT2D eigenvalue weighted by Gasteiger charge is -2.26. The minimum Gasteiger partial charge on any atom is -0.359 e. The van der Waals surface area contributed by atoms with Gasteiger partial charge in [-0.3, -0.25) is 0 Å². The van der Waals surface area contributed by atoms with Gasteiger partial charge in [0.1, 0.15) is 12.1 Å². The molecule has 0 bridgehead atoms. The molecule has 3 rings (SSSR count). The second kappa shape index (κ2) is 6.00. The Bertz CT molecular complexity index is 668. The van der Waals surface area contributed by atoms with Gasteiger partial charge in [-0.05, 0) is 20.8 Å². The minimum atomic E-state index is -0.117. The van der Waals surface area contributed by atoms with E-state index in [1.54, 1.807) is 6.33 Å². The summed E-state index contributed by atoms with van der Waals surface area (Å²) in [6, 6.07) is 0. The second-order valence-electron chi connectivity index (χ2n) is 7.04. The van der Waals surface area contributed by atoms with E-state index in [-0.39, 0.29) is 11.7 Å². The lowest BCUT2D eigenvalue weighted by Crippen LogP contribution is -2.44. The summed E-state index contributed by atoms with van der Waals surface area (Å²) in [5.41, 5.74) is 12.7. The topological polar surface area (TPSA) is 95.0 Å². The van der Waals surface area contributed by atoms with E-state index in [9.17, 15) is 0 Å². The molecular formula is C14H25N9. The van der Waals surface area contributed by atoms with E-state index in [0.29, 0.717) is 5.92 Å². The van der Waals surface area contributed by atoms with Crippen LogP contribution >= 0.6 is 0 Å². The average molecular weight is 319 g/mol. The average Bonchev–Trinajstić information content (AvgIpc) is 3.15. The summed E-state index contributed by atoms with van der Waals surface area (Å²) >= 11 is 0. The summed E-state index contributed by atoms with van der Waals surface area (Å²) < 4.78 is 1.94. The molecule has 0 saturated carbocycles. The molecule has 1 saturated heterocycles. The van der Waals surface area contributed by atoms with Crippen molar-refractivity contribution < 1.29 is 0 Å². The van der Waals surface area contributed by atoms with Crippen LogP contribution < -0.4 is 26.8 Å². The van der Waals surface area contributed by atoms with E-state index in [1.165, 1.54) is 0 Å². The lowest BCUT2D eigenvalue weighted by molar-refractivity contribution is 0.366. The molecule has 1 atom stereocenters. The van der Waals surface area contributed by atoms with Gasteiger partial charge in [0.2, 0.25) is 0 Å². The van der Waals surface area contributed by atoms with Crippen molar-refractivity contribution in [3.8, 4) is 0 Å². The van der Waals surface area contributed by atoms with Crippen LogP contribution in [0.1, 0.15) is 27.7 Å². The Labute approximate surface area is 135 Å². The summed E-state index contributed by atoms with van der Waals surface area (Å²) in [6.07, 6.45) is 3.61. The number of hydrogen-bond donors (Lipinski definition) is 4. The molecule has 2 aromatic rings. The van der Waals surface area contributed by atoms with Gasteiger partial charge in [-0.2, -0.15) is 16.2 Å². The van der Waals surface area contributed by atoms with Crippen molar-refractivity contribution in [3.05, 3.63) is 12.5 Å². The zero-order valence-electron chi connectivity index (χ0n) is 14.3. The maximum atomic E-state index is 4.51. The number of nitrogens with zero attached hydrogens (tertiary/aromatic N) is 5. The van der Waals surface area contributed by atoms with Gasteiger partial charge < -0.3 is 4.90 Å². The molecule has 0 aromatic carbocycles. The van der Waals surface area contributed by atoms with Crippen LogP contribution in [-0.4, -0.2) is 39.5 Å². The molecule has 4 N–H and O–H groups in total. The molecule has 0 spiro atoms. The highest BCUT2D eigenvalue weighted by molar-refractivity contribution is 5.86. The molecule has 1 aliphatic rings. The van der Waals surface area contributed by atoms with Gasteiger partial charge in [0.05, 0.1) is 23.3 Å². The van der Waals surface area contributed by atoms with Crippen molar-refractivity contribution in [2.45, 2.75) is 39.4 Å². The first-order valence-electron chi connectivity index (χ1n) is 7.79. The second-order valence-corrected chi connectivity index (χ2v) is 7.04. The fourth-order valence-corrected chi connectivity index (χ4v) is 2.80. The van der Waals surface area contributed by atoms with Crippen LogP contribution in [0.15, 0.2) is 12.5 Å². The first-order valence-corrected chi connectivity index (χ1v) is 7.79. The quantitative estimate of drug-likeness (QED) is 0.630. The third-order valence-electron chi connectivity index (χ3n) is 3.99. The highest BCUT2D eigenvalue weighted by Gasteiger charge is 2.24. The monoisotopic (exact) mass is 319 g/mol. The van der Waals surface area contributed by atoms with Gasteiger partial charge in [-0.1, -0.05) is 6.92 Å². The van der Waals surface area contributed by atoms with Crippen LogP contribution in [0, 0.1) is 5.92 Å². The third kappa shape index (κ3) is 3.13. The van der Waals surface area contributed by atoms with Gasteiger partial charge >= 0.3 is 0 Å². The van der Waals surface area contributed by atoms with Crippen molar-refractivity contribution in [3.63, 3.8) is 0 Å². The zero-order chi connectivity index (χ0) is 16.6. The van der Waals surface area contributed by atoms with Crippen molar-refractivity contribution in [2.24, 2.45) is 5.92 Å². The SMILES string of the molecule is CC(CN(C)c1ncnc2c1cnn2C(C)(C)C)C1NNNN1. The normalized spacial score (nSPS) is 17.8. The molecule has 0 aliphatic carbocycles. The maximum Gasteiger partial charge on any atom is 0.163 e. The maximum absolute atomic E-state index is 4.51. The third-order valence-corrected chi connectivity index (χ3v) is 3.99. The standard InChI is InChI=1S/C14H25N9/c1-9(11-18-20-21-19-11)7-22(5)12-10-6-17-23(14(2,3)4)13(10)16-8-15-12/h6,8-9,11,18-21H,7H2,1-5H3. The van der Waals surface area contributed by atoms with Crippen molar-refractivity contribution in [1.29, 1.82) is 0 Å². The summed E-state index contributed by atoms with van der Waals surface area (Å²) in [5, 5.41) is 5.48. The number of rotatable bonds is 4. The number of hydrogen-bond acceptors (Lipinski definition) is 8. The predicted octanol–water partition coefficient (Wildman–Crippen LogP) is 0.0967. The Morgan fingerprint density at radius 3 is 2.61 bits per heavy atom. The molecule has 0 radical (unpaired) electrons. The molecule has 2 aromatic heterocycles. The predicted molar refractivity (Wildman–Crippen MR) is 89.1 cm³/mol. The highest BCUT2D eigenvalue weighted by Crippen LogP contribution is 2.26. The smallest absolute Gasteiger partial charge is 0.163 e. The van der Waals surface area contributed by atoms with Crippen molar-refractivity contribution in [2.75, 3.05) is 18.5 Å². The Morgan fingerprint density at radius 1 is 1.26 bits per heavy atom. The Balaban J connectivity index is 1.86. The summed E-state index contributed by atoms with van der Waals surface area (Å²) in [4.78, 5) is 11.0. The van der Waals surface area contributed by atoms with Crippen LogP contribution in [0.5, 0.6) is 0 Å². The van der Waals surface area contributed by atoms with E-state index >= 15 is 0 Å². The summed E-state index contributed by atoms with van der Waals surface area (Å²) in [7, 11) is 2.04. The van der Waals surface area contributed by atoms with Gasteiger partial charge in [-0.25, -0.2) is 25.5 Å². The van der Waals surface area contributed by atoms with Crippen LogP contribution in [0.2, 0.25) is 0 Å². The van der Waals surface area contributed by atoms with Crippen LogP contribution in [0.25, 0.3) is 11.0 Å². The molecule has 1 fully saturated rings. The molecular weight excluding hydrogens is 294 g/mol. The largest absolute Gasteiger partial charge is 0.359 e. The summed E-state index contributed by atoms with van der Waals surface area (Å²) in [6.45, 7) is 9.35. The molecule has 9 heteroatoms. The van der Waals surface area contributed by atoms with E-state index in [1.807, 2.05) is 17.9 Å². The number of fused-ring (bicyclic) bond motifs is 1. The van der Waals surface area contributed by atoms with E-state index in [4.69, 9.17) is 0 Å². The lowest BCUT2D eigenvalue weighted by atomic mass is 10.1. The molecule has 23 heavy (non-hydrogen) atoms. The molecule has 1 aliphatic heterocycles. The Kier molecular flexibility index (Phi) is 4.19. The zero-order valence-corrected chi connectivity index (χ0v) is 14.3. The number of hydrazine groups is 3. The van der Waals surface area contributed by atoms with E-state index < -0.39 is 0 Å². The molecule has 3 heterocycles. The van der Waals surface area contributed by atoms with Crippen molar-refractivity contribution in [1.82, 2.24) is 41.7 Å². The van der Waals surface area contributed by atoms with Gasteiger partial charge in [0.15, 0.2) is 5.65 Å². The van der Waals surface area contributed by atoms with Gasteiger partial charge in [-0.15, -0.1) is 0 Å². The number of nitrogens with one attached hydrogen (secondary N) is 4. The minimum absolute atomic E-state index is 0.117. The van der Waals surface area contributed by atoms with E-state index in [0.717, 1.165) is 23.4 Å². The summed E-state index contributed by atoms with van der Waals surface area (Å²) in [5.74, 6) is 1.25. The number of aromatic nitrogens is 4. The molecule has 126 valence electrons. The Morgan fingerprint density at radius 2 is 1.96 bits per heavy atom. The van der Waals surface area contributed by atoms with Crippen LogP contribution in [-0.2, 0) is 5.54 Å². The fourth-order valence-electron chi connectivity index (χ4n) is 2.80. The molecule has 1 unspecified atom stereocenters. The van der Waals surface area contributed by atoms with Gasteiger partial charge in [0.25, 0.3) is 0 Å². The molecule has 0 amide bonds. The first-order chi connectivity index (χ1) is 10.9. The van der Waals surface area contributed by atoms with E-state index in [2.05, 4.69) is 69.6 Å². The van der Waals surface area contributed by atoms with Crippen LogP contribution in [0.4, 0.5) is 5.82 Å².